The number of alkyl halides is 1. The Morgan fingerprint density at radius 1 is 0.971 bits per heavy atom. The number of piperidine rings is 1. The molecule has 0 amide bonds. The highest BCUT2D eigenvalue weighted by Gasteiger charge is 2.42. The molecule has 1 unspecified atom stereocenters. The average Bonchev–Trinajstić information content (AvgIpc) is 2.89. The summed E-state index contributed by atoms with van der Waals surface area (Å²) >= 11 is 0. The lowest BCUT2D eigenvalue weighted by Crippen LogP contribution is -2.43. The lowest BCUT2D eigenvalue weighted by Gasteiger charge is -2.32. The molecule has 1 aliphatic carbocycles. The van der Waals surface area contributed by atoms with Crippen LogP contribution in [0.25, 0.3) is 5.57 Å². The van der Waals surface area contributed by atoms with Crippen molar-refractivity contribution in [1.29, 1.82) is 0 Å². The largest absolute Gasteiger partial charge is 0.303 e. The predicted molar refractivity (Wildman–Crippen MR) is 142 cm³/mol. The van der Waals surface area contributed by atoms with E-state index in [4.69, 9.17) is 0 Å². The van der Waals surface area contributed by atoms with E-state index in [1.165, 1.54) is 37.3 Å². The molecular formula is C29H37FN2O2S. The van der Waals surface area contributed by atoms with E-state index in [1.54, 1.807) is 12.2 Å². The fourth-order valence-corrected chi connectivity index (χ4v) is 6.21. The number of allylic oxidation sites excluding steroid dienone is 3. The normalized spacial score (nSPS) is 21.7. The first kappa shape index (κ1) is 25.8. The Hall–Kier alpha value is -2.28. The highest BCUT2D eigenvalue weighted by Crippen LogP contribution is 2.33. The number of nitrogens with zero attached hydrogens (tertiary/aromatic N) is 1. The van der Waals surface area contributed by atoms with Crippen LogP contribution in [0.15, 0.2) is 78.9 Å². The first-order valence-corrected chi connectivity index (χ1v) is 14.3. The topological polar surface area (TPSA) is 49.4 Å². The smallest absolute Gasteiger partial charge is 0.250 e. The van der Waals surface area contributed by atoms with E-state index in [9.17, 15) is 8.42 Å². The molecule has 0 saturated carbocycles. The summed E-state index contributed by atoms with van der Waals surface area (Å²) in [5.41, 5.74) is 3.22. The summed E-state index contributed by atoms with van der Waals surface area (Å²) in [6, 6.07) is 20.3. The third-order valence-corrected chi connectivity index (χ3v) is 9.02. The minimum absolute atomic E-state index is 0.180. The quantitative estimate of drug-likeness (QED) is 0.404. The van der Waals surface area contributed by atoms with Crippen LogP contribution >= 0.6 is 0 Å². The molecule has 0 spiro atoms. The van der Waals surface area contributed by atoms with Crippen molar-refractivity contribution in [3.05, 3.63) is 90.0 Å². The van der Waals surface area contributed by atoms with Gasteiger partial charge in [0.15, 0.2) is 0 Å². The van der Waals surface area contributed by atoms with E-state index in [-0.39, 0.29) is 13.0 Å². The fraction of sp³-hybridized carbons (Fsp3) is 0.448. The van der Waals surface area contributed by atoms with Crippen LogP contribution in [-0.2, 0) is 16.4 Å². The van der Waals surface area contributed by atoms with E-state index in [1.807, 2.05) is 30.3 Å². The van der Waals surface area contributed by atoms with Gasteiger partial charge in [-0.15, -0.1) is 0 Å². The summed E-state index contributed by atoms with van der Waals surface area (Å²) in [4.78, 5) is 2.41. The predicted octanol–water partition coefficient (Wildman–Crippen LogP) is 5.74. The number of benzene rings is 2. The summed E-state index contributed by atoms with van der Waals surface area (Å²) in [6.45, 7) is 3.22. The van der Waals surface area contributed by atoms with Gasteiger partial charge in [0.25, 0.3) is 10.0 Å². The third-order valence-electron chi connectivity index (χ3n) is 7.24. The molecule has 1 N–H and O–H groups in total. The molecule has 1 fully saturated rings. The average molecular weight is 497 g/mol. The Balaban J connectivity index is 1.13. The first-order chi connectivity index (χ1) is 17.0. The highest BCUT2D eigenvalue weighted by atomic mass is 32.2. The van der Waals surface area contributed by atoms with Gasteiger partial charge < -0.3 is 4.90 Å². The Kier molecular flexibility index (Phi) is 8.93. The Morgan fingerprint density at radius 2 is 1.66 bits per heavy atom. The zero-order chi connectivity index (χ0) is 24.6. The SMILES string of the molecule is O=S(=O)(NCCCN1CCC(CCCc2ccccc2)CC1)C1(F)C=CC(c2ccccc2)=CC1. The molecule has 35 heavy (non-hydrogen) atoms. The number of hydrogen-bond donors (Lipinski definition) is 1. The Labute approximate surface area is 210 Å². The van der Waals surface area contributed by atoms with Crippen LogP contribution < -0.4 is 4.72 Å². The van der Waals surface area contributed by atoms with Crippen molar-refractivity contribution in [1.82, 2.24) is 9.62 Å². The molecule has 0 bridgehead atoms. The van der Waals surface area contributed by atoms with Crippen molar-refractivity contribution in [2.24, 2.45) is 5.92 Å². The van der Waals surface area contributed by atoms with Crippen LogP contribution in [-0.4, -0.2) is 44.5 Å². The number of halogens is 1. The molecule has 1 saturated heterocycles. The van der Waals surface area contributed by atoms with Crippen LogP contribution in [0.4, 0.5) is 4.39 Å². The number of aryl methyl sites for hydroxylation is 1. The summed E-state index contributed by atoms with van der Waals surface area (Å²) in [7, 11) is -4.10. The summed E-state index contributed by atoms with van der Waals surface area (Å²) < 4.78 is 43.1. The van der Waals surface area contributed by atoms with Crippen molar-refractivity contribution in [3.63, 3.8) is 0 Å². The molecule has 0 aromatic heterocycles. The minimum Gasteiger partial charge on any atom is -0.303 e. The van der Waals surface area contributed by atoms with E-state index in [0.29, 0.717) is 6.42 Å². The van der Waals surface area contributed by atoms with E-state index >= 15 is 4.39 Å². The number of rotatable bonds is 11. The van der Waals surface area contributed by atoms with E-state index in [2.05, 4.69) is 40.0 Å². The zero-order valence-corrected chi connectivity index (χ0v) is 21.2. The second-order valence-corrected chi connectivity index (χ2v) is 11.7. The van der Waals surface area contributed by atoms with Gasteiger partial charge in [-0.3, -0.25) is 0 Å². The van der Waals surface area contributed by atoms with Crippen molar-refractivity contribution in [2.45, 2.75) is 49.9 Å². The van der Waals surface area contributed by atoms with Gasteiger partial charge in [0, 0.05) is 13.0 Å². The molecule has 4 nitrogen and oxygen atoms in total. The maximum atomic E-state index is 15.3. The second kappa shape index (κ2) is 12.1. The van der Waals surface area contributed by atoms with E-state index in [0.717, 1.165) is 43.1 Å². The molecule has 1 aliphatic heterocycles. The standard InChI is InChI=1S/C29H37FN2O2S/c30-29(19-15-28(16-20-29)27-13-5-2-6-14-27)35(33,34)31-21-8-22-32-23-17-26(18-24-32)12-7-11-25-9-3-1-4-10-25/h1-6,9-10,13-16,19,26,31H,7-8,11-12,17-18,20-24H2. The second-order valence-electron chi connectivity index (χ2n) is 9.76. The molecule has 6 heteroatoms. The number of likely N-dealkylation sites (tertiary alicyclic amines) is 1. The lowest BCUT2D eigenvalue weighted by atomic mass is 9.90. The summed E-state index contributed by atoms with van der Waals surface area (Å²) in [5, 5.41) is -2.40. The van der Waals surface area contributed by atoms with Crippen molar-refractivity contribution in [3.8, 4) is 0 Å². The monoisotopic (exact) mass is 496 g/mol. The third kappa shape index (κ3) is 7.12. The maximum absolute atomic E-state index is 15.3. The minimum atomic E-state index is -4.10. The van der Waals surface area contributed by atoms with Crippen LogP contribution in [0.1, 0.15) is 49.7 Å². The van der Waals surface area contributed by atoms with Crippen molar-refractivity contribution in [2.75, 3.05) is 26.2 Å². The van der Waals surface area contributed by atoms with Gasteiger partial charge in [0.1, 0.15) is 0 Å². The molecule has 2 aliphatic rings. The Morgan fingerprint density at radius 3 is 2.31 bits per heavy atom. The molecule has 2 aromatic carbocycles. The molecule has 0 radical (unpaired) electrons. The molecule has 1 atom stereocenters. The summed E-state index contributed by atoms with van der Waals surface area (Å²) in [5.74, 6) is 0.784. The molecule has 1 heterocycles. The van der Waals surface area contributed by atoms with Gasteiger partial charge >= 0.3 is 0 Å². The lowest BCUT2D eigenvalue weighted by molar-refractivity contribution is 0.176. The maximum Gasteiger partial charge on any atom is 0.250 e. The zero-order valence-electron chi connectivity index (χ0n) is 20.4. The number of hydrogen-bond acceptors (Lipinski definition) is 3. The number of sulfonamides is 1. The molecular weight excluding hydrogens is 459 g/mol. The van der Waals surface area contributed by atoms with Gasteiger partial charge in [-0.05, 0) is 80.4 Å². The highest BCUT2D eigenvalue weighted by molar-refractivity contribution is 7.90. The molecule has 4 rings (SSSR count). The van der Waals surface area contributed by atoms with Crippen LogP contribution in [0, 0.1) is 5.92 Å². The molecule has 2 aromatic rings. The van der Waals surface area contributed by atoms with Crippen molar-refractivity contribution < 1.29 is 12.8 Å². The summed E-state index contributed by atoms with van der Waals surface area (Å²) in [6.07, 6.45) is 11.0. The fourth-order valence-electron chi connectivity index (χ4n) is 5.01. The van der Waals surface area contributed by atoms with Gasteiger partial charge in [0.05, 0.1) is 0 Å². The van der Waals surface area contributed by atoms with Gasteiger partial charge in [-0.1, -0.05) is 79.2 Å². The number of nitrogens with one attached hydrogen (secondary N) is 1. The first-order valence-electron chi connectivity index (χ1n) is 12.8. The Bertz CT molecular complexity index is 1090. The van der Waals surface area contributed by atoms with Gasteiger partial charge in [-0.2, -0.15) is 0 Å². The van der Waals surface area contributed by atoms with Crippen molar-refractivity contribution >= 4 is 15.6 Å². The van der Waals surface area contributed by atoms with E-state index < -0.39 is 15.0 Å². The molecule has 188 valence electrons. The van der Waals surface area contributed by atoms with Gasteiger partial charge in [-0.25, -0.2) is 17.5 Å². The van der Waals surface area contributed by atoms with Crippen LogP contribution in [0.3, 0.4) is 0 Å². The van der Waals surface area contributed by atoms with Crippen LogP contribution in [0.5, 0.6) is 0 Å². The van der Waals surface area contributed by atoms with Crippen LogP contribution in [0.2, 0.25) is 0 Å². The van der Waals surface area contributed by atoms with Gasteiger partial charge in [0.2, 0.25) is 5.00 Å².